The van der Waals surface area contributed by atoms with E-state index in [2.05, 4.69) is 10.3 Å². The Morgan fingerprint density at radius 1 is 1.53 bits per heavy atom. The molecule has 100 valence electrons. The molecule has 0 bridgehead atoms. The van der Waals surface area contributed by atoms with Gasteiger partial charge in [0.15, 0.2) is 5.76 Å². The van der Waals surface area contributed by atoms with Gasteiger partial charge in [0.2, 0.25) is 11.6 Å². The van der Waals surface area contributed by atoms with Crippen LogP contribution in [0.5, 0.6) is 5.75 Å². The van der Waals surface area contributed by atoms with Crippen LogP contribution < -0.4 is 10.1 Å². The maximum absolute atomic E-state index is 10.9. The highest BCUT2D eigenvalue weighted by Gasteiger charge is 2.21. The van der Waals surface area contributed by atoms with E-state index in [9.17, 15) is 10.1 Å². The van der Waals surface area contributed by atoms with Gasteiger partial charge < -0.3 is 14.5 Å². The standard InChI is InChI=1S/C12H13N3O4/c1-13-7-11-14-6-10(19-11)8-4-3-5-9(15(16)17)12(8)18-2/h3-6,13H,7H2,1-2H3. The molecule has 0 radical (unpaired) electrons. The smallest absolute Gasteiger partial charge is 0.311 e. The fourth-order valence-electron chi connectivity index (χ4n) is 1.74. The summed E-state index contributed by atoms with van der Waals surface area (Å²) in [5, 5.41) is 13.9. The van der Waals surface area contributed by atoms with Crippen molar-refractivity contribution in [3.05, 3.63) is 40.4 Å². The number of ether oxygens (including phenoxy) is 1. The third-order valence-corrected chi connectivity index (χ3v) is 2.54. The molecule has 0 saturated carbocycles. The minimum absolute atomic E-state index is 0.105. The molecule has 0 fully saturated rings. The first-order chi connectivity index (χ1) is 9.17. The molecular formula is C12H13N3O4. The number of nitro groups is 1. The fraction of sp³-hybridized carbons (Fsp3) is 0.250. The summed E-state index contributed by atoms with van der Waals surface area (Å²) in [5.41, 5.74) is 0.401. The van der Waals surface area contributed by atoms with Gasteiger partial charge in [-0.25, -0.2) is 4.98 Å². The molecular weight excluding hydrogens is 250 g/mol. The van der Waals surface area contributed by atoms with Crippen molar-refractivity contribution in [2.45, 2.75) is 6.54 Å². The van der Waals surface area contributed by atoms with Crippen molar-refractivity contribution in [3.8, 4) is 17.1 Å². The Kier molecular flexibility index (Phi) is 3.76. The van der Waals surface area contributed by atoms with Crippen LogP contribution in [-0.4, -0.2) is 24.1 Å². The van der Waals surface area contributed by atoms with Gasteiger partial charge in [0.1, 0.15) is 0 Å². The number of nitro benzene ring substituents is 1. The van der Waals surface area contributed by atoms with Crippen molar-refractivity contribution in [2.24, 2.45) is 0 Å². The molecule has 0 amide bonds. The molecule has 19 heavy (non-hydrogen) atoms. The van der Waals surface area contributed by atoms with Gasteiger partial charge >= 0.3 is 5.69 Å². The van der Waals surface area contributed by atoms with E-state index >= 15 is 0 Å². The molecule has 0 spiro atoms. The highest BCUT2D eigenvalue weighted by atomic mass is 16.6. The van der Waals surface area contributed by atoms with Gasteiger partial charge in [0.25, 0.3) is 0 Å². The minimum Gasteiger partial charge on any atom is -0.490 e. The second-order valence-electron chi connectivity index (χ2n) is 3.76. The van der Waals surface area contributed by atoms with Crippen LogP contribution in [0.1, 0.15) is 5.89 Å². The van der Waals surface area contributed by atoms with Crippen LogP contribution in [0.15, 0.2) is 28.8 Å². The summed E-state index contributed by atoms with van der Waals surface area (Å²) >= 11 is 0. The van der Waals surface area contributed by atoms with Gasteiger partial charge in [-0.1, -0.05) is 6.07 Å². The summed E-state index contributed by atoms with van der Waals surface area (Å²) < 4.78 is 10.6. The third-order valence-electron chi connectivity index (χ3n) is 2.54. The van der Waals surface area contributed by atoms with Crippen LogP contribution in [0, 0.1) is 10.1 Å². The molecule has 0 aliphatic rings. The summed E-state index contributed by atoms with van der Waals surface area (Å²) in [6.07, 6.45) is 1.52. The Morgan fingerprint density at radius 2 is 2.32 bits per heavy atom. The Balaban J connectivity index is 2.48. The van der Waals surface area contributed by atoms with Gasteiger partial charge in [0.05, 0.1) is 30.3 Å². The van der Waals surface area contributed by atoms with E-state index in [1.165, 1.54) is 19.4 Å². The van der Waals surface area contributed by atoms with Gasteiger partial charge in [-0.3, -0.25) is 10.1 Å². The van der Waals surface area contributed by atoms with Crippen molar-refractivity contribution >= 4 is 5.69 Å². The maximum Gasteiger partial charge on any atom is 0.311 e. The number of hydrogen-bond donors (Lipinski definition) is 1. The molecule has 7 nitrogen and oxygen atoms in total. The average molecular weight is 263 g/mol. The zero-order valence-electron chi connectivity index (χ0n) is 10.5. The van der Waals surface area contributed by atoms with Crippen LogP contribution in [0.4, 0.5) is 5.69 Å². The van der Waals surface area contributed by atoms with Crippen LogP contribution in [0.25, 0.3) is 11.3 Å². The number of hydrogen-bond acceptors (Lipinski definition) is 6. The largest absolute Gasteiger partial charge is 0.490 e. The number of rotatable bonds is 5. The number of benzene rings is 1. The summed E-state index contributed by atoms with van der Waals surface area (Å²) in [5.74, 6) is 1.11. The normalized spacial score (nSPS) is 10.4. The molecule has 7 heteroatoms. The summed E-state index contributed by atoms with van der Waals surface area (Å²) in [6, 6.07) is 4.65. The topological polar surface area (TPSA) is 90.4 Å². The van der Waals surface area contributed by atoms with Crippen LogP contribution in [-0.2, 0) is 6.54 Å². The lowest BCUT2D eigenvalue weighted by Gasteiger charge is -2.05. The van der Waals surface area contributed by atoms with E-state index in [-0.39, 0.29) is 11.4 Å². The van der Waals surface area contributed by atoms with E-state index in [0.717, 1.165) is 0 Å². The quantitative estimate of drug-likeness (QED) is 0.655. The highest BCUT2D eigenvalue weighted by Crippen LogP contribution is 2.37. The monoisotopic (exact) mass is 263 g/mol. The fourth-order valence-corrected chi connectivity index (χ4v) is 1.74. The molecule has 1 N–H and O–H groups in total. The highest BCUT2D eigenvalue weighted by molar-refractivity contribution is 5.71. The Morgan fingerprint density at radius 3 is 2.95 bits per heavy atom. The van der Waals surface area contributed by atoms with Crippen LogP contribution in [0.2, 0.25) is 0 Å². The first-order valence-corrected chi connectivity index (χ1v) is 5.58. The number of nitrogens with one attached hydrogen (secondary N) is 1. The second-order valence-corrected chi connectivity index (χ2v) is 3.76. The SMILES string of the molecule is CNCc1ncc(-c2cccc([N+](=O)[O-])c2OC)o1. The molecule has 1 heterocycles. The summed E-state index contributed by atoms with van der Waals surface area (Å²) in [6.45, 7) is 0.483. The van der Waals surface area contributed by atoms with Crippen molar-refractivity contribution in [1.29, 1.82) is 0 Å². The number of aromatic nitrogens is 1. The zero-order valence-corrected chi connectivity index (χ0v) is 10.5. The van der Waals surface area contributed by atoms with Gasteiger partial charge in [-0.2, -0.15) is 0 Å². The molecule has 0 unspecified atom stereocenters. The van der Waals surface area contributed by atoms with E-state index in [1.54, 1.807) is 19.2 Å². The Hall–Kier alpha value is -2.41. The van der Waals surface area contributed by atoms with Crippen LogP contribution >= 0.6 is 0 Å². The molecule has 0 aliphatic heterocycles. The predicted octanol–water partition coefficient (Wildman–Crippen LogP) is 1.98. The number of nitrogens with zero attached hydrogens (tertiary/aromatic N) is 2. The van der Waals surface area contributed by atoms with Gasteiger partial charge in [-0.05, 0) is 13.1 Å². The molecule has 2 rings (SSSR count). The first kappa shape index (κ1) is 13.0. The predicted molar refractivity (Wildman–Crippen MR) is 67.9 cm³/mol. The molecule has 0 atom stereocenters. The lowest BCUT2D eigenvalue weighted by Crippen LogP contribution is -2.04. The van der Waals surface area contributed by atoms with E-state index < -0.39 is 4.92 Å². The van der Waals surface area contributed by atoms with Gasteiger partial charge in [-0.15, -0.1) is 0 Å². The van der Waals surface area contributed by atoms with Crippen molar-refractivity contribution in [3.63, 3.8) is 0 Å². The Labute approximate surface area is 109 Å². The Bertz CT molecular complexity index is 594. The minimum atomic E-state index is -0.493. The van der Waals surface area contributed by atoms with E-state index in [4.69, 9.17) is 9.15 Å². The van der Waals surface area contributed by atoms with Crippen molar-refractivity contribution in [2.75, 3.05) is 14.2 Å². The lowest BCUT2D eigenvalue weighted by molar-refractivity contribution is -0.385. The summed E-state index contributed by atoms with van der Waals surface area (Å²) in [7, 11) is 3.16. The van der Waals surface area contributed by atoms with Crippen molar-refractivity contribution < 1.29 is 14.1 Å². The number of methoxy groups -OCH3 is 1. The van der Waals surface area contributed by atoms with E-state index in [1.807, 2.05) is 0 Å². The maximum atomic E-state index is 10.9. The van der Waals surface area contributed by atoms with Crippen LogP contribution in [0.3, 0.4) is 0 Å². The third kappa shape index (κ3) is 2.55. The zero-order chi connectivity index (χ0) is 13.8. The second kappa shape index (κ2) is 5.49. The molecule has 0 saturated heterocycles. The molecule has 1 aromatic heterocycles. The molecule has 2 aromatic rings. The number of para-hydroxylation sites is 1. The lowest BCUT2D eigenvalue weighted by atomic mass is 10.1. The van der Waals surface area contributed by atoms with Crippen molar-refractivity contribution in [1.82, 2.24) is 10.3 Å². The average Bonchev–Trinajstić information content (AvgIpc) is 2.86. The first-order valence-electron chi connectivity index (χ1n) is 5.58. The molecule has 1 aromatic carbocycles. The molecule has 0 aliphatic carbocycles. The van der Waals surface area contributed by atoms with E-state index in [0.29, 0.717) is 23.8 Å². The summed E-state index contributed by atoms with van der Waals surface area (Å²) in [4.78, 5) is 14.5. The van der Waals surface area contributed by atoms with Gasteiger partial charge in [0, 0.05) is 6.07 Å². The number of oxazole rings is 1.